The fourth-order valence-electron chi connectivity index (χ4n) is 3.33. The first kappa shape index (κ1) is 34.5. The summed E-state index contributed by atoms with van der Waals surface area (Å²) in [6.45, 7) is 1.40. The van der Waals surface area contributed by atoms with Crippen LogP contribution in [0.2, 0.25) is 0 Å². The van der Waals surface area contributed by atoms with Gasteiger partial charge in [-0.25, -0.2) is 10.6 Å². The third-order valence-corrected chi connectivity index (χ3v) is 6.23. The molecule has 0 fully saturated rings. The van der Waals surface area contributed by atoms with Gasteiger partial charge in [-0.05, 0) is 42.5 Å². The van der Waals surface area contributed by atoms with E-state index in [4.69, 9.17) is 10.6 Å². The Kier molecular flexibility index (Phi) is 16.8. The Morgan fingerprint density at radius 2 is 1.62 bits per heavy atom. The molecule has 0 heterocycles. The molecule has 0 aliphatic carbocycles. The summed E-state index contributed by atoms with van der Waals surface area (Å²) in [6.07, 6.45) is 2.85. The molecule has 0 bridgehead atoms. The van der Waals surface area contributed by atoms with E-state index in [1.54, 1.807) is 12.1 Å². The van der Waals surface area contributed by atoms with Crippen LogP contribution in [0, 0.1) is 0 Å². The van der Waals surface area contributed by atoms with Crippen molar-refractivity contribution in [2.75, 3.05) is 31.8 Å². The molecule has 1 aromatic rings. The number of phenolic OH excluding ortho intramolecular Hbond substituents is 1. The monoisotopic (exact) mass is 584 g/mol. The van der Waals surface area contributed by atoms with Crippen LogP contribution in [0.5, 0.6) is 5.75 Å². The molecule has 0 aromatic heterocycles. The number of amides is 5. The summed E-state index contributed by atoms with van der Waals surface area (Å²) in [6, 6.07) is 2.39. The Labute approximate surface area is 237 Å². The van der Waals surface area contributed by atoms with Crippen LogP contribution in [0.3, 0.4) is 0 Å². The van der Waals surface area contributed by atoms with Gasteiger partial charge in [-0.15, -0.1) is 0 Å². The fourth-order valence-corrected chi connectivity index (χ4v) is 3.80. The second kappa shape index (κ2) is 19.5. The van der Waals surface area contributed by atoms with Crippen molar-refractivity contribution in [3.63, 3.8) is 0 Å². The number of ether oxygens (including phenoxy) is 1. The van der Waals surface area contributed by atoms with Gasteiger partial charge in [-0.2, -0.15) is 11.8 Å². The second-order valence-corrected chi connectivity index (χ2v) is 9.74. The number of carbonyl (C=O) groups is 5. The van der Waals surface area contributed by atoms with Crippen LogP contribution in [0.4, 0.5) is 4.79 Å². The van der Waals surface area contributed by atoms with E-state index >= 15 is 0 Å². The number of alkyl carbamates (subject to hydrolysis) is 1. The number of phenols is 1. The van der Waals surface area contributed by atoms with Crippen LogP contribution in [0.1, 0.15) is 38.2 Å². The topological polar surface area (TPSA) is 221 Å². The molecule has 0 radical (unpaired) electrons. The highest BCUT2D eigenvalue weighted by molar-refractivity contribution is 7.98. The largest absolute Gasteiger partial charge is 0.508 e. The Balaban J connectivity index is 2.88. The van der Waals surface area contributed by atoms with Gasteiger partial charge in [0.25, 0.3) is 5.91 Å². The van der Waals surface area contributed by atoms with Crippen molar-refractivity contribution in [3.8, 4) is 5.75 Å². The van der Waals surface area contributed by atoms with Crippen molar-refractivity contribution >= 4 is 41.5 Å². The average Bonchev–Trinajstić information content (AvgIpc) is 2.94. The molecule has 0 aliphatic heterocycles. The van der Waals surface area contributed by atoms with Crippen LogP contribution in [-0.4, -0.2) is 89.8 Å². The molecule has 0 saturated heterocycles. The number of aliphatic hydroxyl groups excluding tert-OH is 1. The van der Waals surface area contributed by atoms with Crippen molar-refractivity contribution in [3.05, 3.63) is 29.8 Å². The first-order valence-electron chi connectivity index (χ1n) is 12.8. The number of aromatic hydroxyl groups is 1. The summed E-state index contributed by atoms with van der Waals surface area (Å²) < 4.78 is 4.96. The molecule has 1 aromatic carbocycles. The first-order chi connectivity index (χ1) is 19.1. The summed E-state index contributed by atoms with van der Waals surface area (Å²) in [4.78, 5) is 62.2. The first-order valence-corrected chi connectivity index (χ1v) is 14.2. The summed E-state index contributed by atoms with van der Waals surface area (Å²) in [5, 5.41) is 29.2. The van der Waals surface area contributed by atoms with E-state index in [9.17, 15) is 34.2 Å². The van der Waals surface area contributed by atoms with E-state index in [2.05, 4.69) is 21.3 Å². The van der Waals surface area contributed by atoms with E-state index in [1.165, 1.54) is 23.9 Å². The molecule has 0 unspecified atom stereocenters. The Bertz CT molecular complexity index is 965. The lowest BCUT2D eigenvalue weighted by atomic mass is 10.0. The summed E-state index contributed by atoms with van der Waals surface area (Å²) in [5.41, 5.74) is 2.57. The third kappa shape index (κ3) is 13.5. The van der Waals surface area contributed by atoms with Crippen LogP contribution >= 0.6 is 11.8 Å². The van der Waals surface area contributed by atoms with Gasteiger partial charge < -0.3 is 36.2 Å². The maximum atomic E-state index is 13.1. The number of nitrogens with one attached hydrogen (secondary N) is 5. The fraction of sp³-hybridized carbons (Fsp3) is 0.560. The zero-order valence-corrected chi connectivity index (χ0v) is 23.6. The quantitative estimate of drug-likeness (QED) is 0.0457. The van der Waals surface area contributed by atoms with E-state index in [0.717, 1.165) is 6.42 Å². The van der Waals surface area contributed by atoms with Gasteiger partial charge in [0.2, 0.25) is 17.7 Å². The molecule has 14 nitrogen and oxygen atoms in total. The predicted octanol–water partition coefficient (Wildman–Crippen LogP) is -0.959. The molecule has 15 heteroatoms. The number of unbranched alkanes of at least 4 members (excludes halogenated alkanes) is 1. The minimum absolute atomic E-state index is 0.00393. The minimum atomic E-state index is -1.42. The summed E-state index contributed by atoms with van der Waals surface area (Å²) in [7, 11) is 0. The van der Waals surface area contributed by atoms with Gasteiger partial charge in [0.15, 0.2) is 0 Å². The number of hydrogen-bond acceptors (Lipinski definition) is 10. The van der Waals surface area contributed by atoms with Gasteiger partial charge in [-0.3, -0.25) is 24.6 Å². The van der Waals surface area contributed by atoms with Crippen molar-refractivity contribution in [2.45, 2.75) is 57.2 Å². The standard InChI is InChI=1S/C25H40N6O8S/c1-3-4-12-39-25(38)27-11-9-21(34)28-19(14-16-5-7-17(33)8-6-16)22(35)30-20(15-32)23(36)29-18(10-13-40-2)24(37)31-26/h5-8,18-20,32-33H,3-4,9-15,26H2,1-2H3,(H,27,38)(H,28,34)(H,29,36)(H,30,35)(H,31,37)/t18-,19-,20-/m0/s1. The second-order valence-electron chi connectivity index (χ2n) is 8.75. The molecule has 9 N–H and O–H groups in total. The lowest BCUT2D eigenvalue weighted by molar-refractivity contribution is -0.134. The number of benzene rings is 1. The van der Waals surface area contributed by atoms with Crippen molar-refractivity contribution < 1.29 is 38.9 Å². The highest BCUT2D eigenvalue weighted by Crippen LogP contribution is 2.12. The average molecular weight is 585 g/mol. The molecule has 40 heavy (non-hydrogen) atoms. The molecular weight excluding hydrogens is 544 g/mol. The number of hydrogen-bond donors (Lipinski definition) is 8. The van der Waals surface area contributed by atoms with E-state index in [1.807, 2.05) is 18.6 Å². The zero-order chi connectivity index (χ0) is 29.9. The summed E-state index contributed by atoms with van der Waals surface area (Å²) in [5.74, 6) is 2.97. The highest BCUT2D eigenvalue weighted by Gasteiger charge is 2.29. The smallest absolute Gasteiger partial charge is 0.407 e. The van der Waals surface area contributed by atoms with Gasteiger partial charge in [0.05, 0.1) is 13.2 Å². The molecule has 1 rings (SSSR count). The Morgan fingerprint density at radius 3 is 2.23 bits per heavy atom. The lowest BCUT2D eigenvalue weighted by Gasteiger charge is -2.24. The van der Waals surface area contributed by atoms with Crippen LogP contribution < -0.4 is 32.5 Å². The van der Waals surface area contributed by atoms with Crippen LogP contribution in [0.15, 0.2) is 24.3 Å². The normalized spacial score (nSPS) is 12.8. The summed E-state index contributed by atoms with van der Waals surface area (Å²) >= 11 is 1.46. The van der Waals surface area contributed by atoms with Crippen LogP contribution in [0.25, 0.3) is 0 Å². The predicted molar refractivity (Wildman–Crippen MR) is 149 cm³/mol. The maximum Gasteiger partial charge on any atom is 0.407 e. The third-order valence-electron chi connectivity index (χ3n) is 5.58. The zero-order valence-electron chi connectivity index (χ0n) is 22.7. The van der Waals surface area contributed by atoms with Crippen molar-refractivity contribution in [1.29, 1.82) is 0 Å². The molecule has 0 spiro atoms. The van der Waals surface area contributed by atoms with Crippen molar-refractivity contribution in [1.82, 2.24) is 26.7 Å². The van der Waals surface area contributed by atoms with Gasteiger partial charge >= 0.3 is 6.09 Å². The number of carbonyl (C=O) groups excluding carboxylic acids is 5. The molecular formula is C25H40N6O8S. The van der Waals surface area contributed by atoms with E-state index in [0.29, 0.717) is 17.7 Å². The van der Waals surface area contributed by atoms with Crippen molar-refractivity contribution in [2.24, 2.45) is 5.84 Å². The molecule has 5 amide bonds. The number of rotatable bonds is 18. The Hall–Kier alpha value is -3.56. The lowest BCUT2D eigenvalue weighted by Crippen LogP contribution is -2.58. The van der Waals surface area contributed by atoms with Gasteiger partial charge in [0.1, 0.15) is 23.9 Å². The molecule has 0 saturated carbocycles. The number of hydrazine groups is 1. The number of aliphatic hydroxyl groups is 1. The molecule has 0 aliphatic rings. The minimum Gasteiger partial charge on any atom is -0.508 e. The highest BCUT2D eigenvalue weighted by atomic mass is 32.2. The molecule has 3 atom stereocenters. The van der Waals surface area contributed by atoms with E-state index < -0.39 is 54.5 Å². The van der Waals surface area contributed by atoms with Gasteiger partial charge in [-0.1, -0.05) is 25.5 Å². The number of thioether (sulfide) groups is 1. The van der Waals surface area contributed by atoms with E-state index in [-0.39, 0.29) is 38.2 Å². The molecule has 224 valence electrons. The van der Waals surface area contributed by atoms with Gasteiger partial charge in [0, 0.05) is 19.4 Å². The van der Waals surface area contributed by atoms with Crippen LogP contribution in [-0.2, 0) is 30.3 Å². The SMILES string of the molecule is CCCCOC(=O)NCCC(=O)N[C@@H](Cc1ccc(O)cc1)C(=O)N[C@@H](CO)C(=O)N[C@@H](CCSC)C(=O)NN. The number of nitrogens with two attached hydrogens (primary N) is 1. The Morgan fingerprint density at radius 1 is 0.975 bits per heavy atom. The maximum absolute atomic E-state index is 13.1.